The third-order valence-corrected chi connectivity index (χ3v) is 0. The van der Waals surface area contributed by atoms with Crippen LogP contribution in [0.25, 0.3) is 0 Å². The Balaban J connectivity index is -0.0000000288. The summed E-state index contributed by atoms with van der Waals surface area (Å²) in [5.41, 5.74) is 0. The first-order valence-electron chi connectivity index (χ1n) is 2.87. The molecule has 106 valence electrons. The topological polar surface area (TPSA) is 176 Å². The SMILES string of the molecule is O=S(=O)(O)F.OB(O)F.OB(O)F.OB(O)F.[H-].[Li+]. The second-order valence-corrected chi connectivity index (χ2v) is 2.17. The quantitative estimate of drug-likeness (QED) is 0.0992. The van der Waals surface area contributed by atoms with Gasteiger partial charge >= 0.3 is 51.6 Å². The standard InChI is InChI=1S/3BFH2O2.FHO3S.Li.H/c3*2-1(3)4;1-5(2,3)4;;/h3*3-4H;(H,2,3,4);;/q;;;;+1;-1. The first-order valence-corrected chi connectivity index (χ1v) is 4.21. The Hall–Kier alpha value is 0.182. The van der Waals surface area contributed by atoms with Gasteiger partial charge in [0.1, 0.15) is 0 Å². The van der Waals surface area contributed by atoms with E-state index < -0.39 is 32.7 Å². The zero-order valence-electron chi connectivity index (χ0n) is 9.60. The minimum atomic E-state index is -5.17. The van der Waals surface area contributed by atoms with Crippen LogP contribution >= 0.6 is 0 Å². The van der Waals surface area contributed by atoms with Gasteiger partial charge in [0.25, 0.3) is 0 Å². The van der Waals surface area contributed by atoms with Crippen LogP contribution in [0.2, 0.25) is 0 Å². The fraction of sp³-hybridized carbons (Fsp3) is 0. The van der Waals surface area contributed by atoms with Crippen molar-refractivity contribution in [2.75, 3.05) is 0 Å². The summed E-state index contributed by atoms with van der Waals surface area (Å²) in [6, 6.07) is 0. The van der Waals surface area contributed by atoms with Crippen molar-refractivity contribution in [3.63, 3.8) is 0 Å². The molecule has 0 aromatic rings. The van der Waals surface area contributed by atoms with Crippen LogP contribution in [0.4, 0.5) is 16.8 Å². The molecular formula is H8B3F4LiO9S. The summed E-state index contributed by atoms with van der Waals surface area (Å²) in [5, 5.41) is 41.7. The van der Waals surface area contributed by atoms with E-state index in [0.717, 1.165) is 0 Å². The molecule has 0 unspecified atom stereocenters. The molecule has 0 aromatic heterocycles. The number of hydrogen-bond acceptors (Lipinski definition) is 8. The van der Waals surface area contributed by atoms with Gasteiger partial charge in [-0.3, -0.25) is 17.5 Å². The Kier molecular flexibility index (Phi) is 33.5. The molecule has 0 bridgehead atoms. The van der Waals surface area contributed by atoms with Crippen molar-refractivity contribution in [2.45, 2.75) is 0 Å². The fourth-order valence-corrected chi connectivity index (χ4v) is 0. The normalized spacial score (nSPS) is 7.72. The summed E-state index contributed by atoms with van der Waals surface area (Å²) in [6.45, 7) is 0. The van der Waals surface area contributed by atoms with Crippen LogP contribution in [0.15, 0.2) is 0 Å². The van der Waals surface area contributed by atoms with E-state index in [1.54, 1.807) is 0 Å². The van der Waals surface area contributed by atoms with Crippen LogP contribution in [-0.4, -0.2) is 65.3 Å². The number of rotatable bonds is 0. The summed E-state index contributed by atoms with van der Waals surface area (Å²) in [6.07, 6.45) is 0. The van der Waals surface area contributed by atoms with Gasteiger partial charge in [-0.2, -0.15) is 8.42 Å². The molecule has 0 aromatic carbocycles. The molecule has 18 heavy (non-hydrogen) atoms. The van der Waals surface area contributed by atoms with Gasteiger partial charge in [0.15, 0.2) is 0 Å². The summed E-state index contributed by atoms with van der Waals surface area (Å²) in [7, 11) is -13.2. The summed E-state index contributed by atoms with van der Waals surface area (Å²) >= 11 is 0. The molecule has 0 spiro atoms. The Morgan fingerprint density at radius 2 is 0.778 bits per heavy atom. The molecular weight excluding hydrogens is 291 g/mol. The van der Waals surface area contributed by atoms with Crippen LogP contribution in [0.3, 0.4) is 0 Å². The van der Waals surface area contributed by atoms with Crippen LogP contribution < -0.4 is 18.9 Å². The van der Waals surface area contributed by atoms with Crippen molar-refractivity contribution >= 4 is 32.7 Å². The van der Waals surface area contributed by atoms with Gasteiger partial charge in [-0.1, -0.05) is 3.89 Å². The van der Waals surface area contributed by atoms with Gasteiger partial charge < -0.3 is 31.6 Å². The summed E-state index contributed by atoms with van der Waals surface area (Å²) in [5.74, 6) is 0. The maximum atomic E-state index is 10.2. The van der Waals surface area contributed by atoms with E-state index in [0.29, 0.717) is 0 Å². The van der Waals surface area contributed by atoms with Gasteiger partial charge in [-0.15, -0.1) is 0 Å². The second-order valence-electron chi connectivity index (χ2n) is 1.34. The monoisotopic (exact) mass is 300 g/mol. The average Bonchev–Trinajstić information content (AvgIpc) is 1.73. The molecule has 9 nitrogen and oxygen atoms in total. The third kappa shape index (κ3) is 112000. The van der Waals surface area contributed by atoms with Crippen molar-refractivity contribution in [3.8, 4) is 0 Å². The summed E-state index contributed by atoms with van der Waals surface area (Å²) in [4.78, 5) is 0. The predicted octanol–water partition coefficient (Wildman–Crippen LogP) is -6.35. The van der Waals surface area contributed by atoms with Crippen molar-refractivity contribution in [3.05, 3.63) is 0 Å². The Labute approximate surface area is 113 Å². The van der Waals surface area contributed by atoms with Crippen LogP contribution in [0, 0.1) is 0 Å². The van der Waals surface area contributed by atoms with E-state index in [9.17, 15) is 16.8 Å². The van der Waals surface area contributed by atoms with Crippen LogP contribution in [0.5, 0.6) is 0 Å². The van der Waals surface area contributed by atoms with E-state index in [4.69, 9.17) is 43.1 Å². The van der Waals surface area contributed by atoms with Crippen LogP contribution in [-0.2, 0) is 10.5 Å². The summed E-state index contributed by atoms with van der Waals surface area (Å²) < 4.78 is 64.4. The Bertz CT molecular complexity index is 197. The van der Waals surface area contributed by atoms with Gasteiger partial charge in [-0.25, -0.2) is 0 Å². The predicted molar refractivity (Wildman–Crippen MR) is 47.7 cm³/mol. The van der Waals surface area contributed by atoms with Crippen molar-refractivity contribution < 1.29 is 80.2 Å². The Morgan fingerprint density at radius 1 is 0.778 bits per heavy atom. The minimum Gasteiger partial charge on any atom is -1.00 e. The average molecular weight is 299 g/mol. The van der Waals surface area contributed by atoms with E-state index in [-0.39, 0.29) is 20.3 Å². The molecule has 0 saturated carbocycles. The first-order chi connectivity index (χ1) is 7.20. The molecule has 0 fully saturated rings. The largest absolute Gasteiger partial charge is 1.00 e. The minimum absolute atomic E-state index is 0. The maximum absolute atomic E-state index is 10.2. The smallest absolute Gasteiger partial charge is 1.00 e. The first kappa shape index (κ1) is 30.9. The number of halogens is 4. The van der Waals surface area contributed by atoms with Crippen molar-refractivity contribution in [1.82, 2.24) is 0 Å². The molecule has 0 aliphatic heterocycles. The van der Waals surface area contributed by atoms with E-state index in [2.05, 4.69) is 0 Å². The maximum Gasteiger partial charge on any atom is 1.00 e. The molecule has 0 radical (unpaired) electrons. The zero-order chi connectivity index (χ0) is 15.2. The molecule has 18 heteroatoms. The molecule has 0 aliphatic rings. The number of hydrogen-bond donors (Lipinski definition) is 7. The molecule has 0 saturated heterocycles. The molecule has 0 heterocycles. The zero-order valence-corrected chi connectivity index (χ0v) is 9.42. The van der Waals surface area contributed by atoms with Gasteiger partial charge in [0, 0.05) is 0 Å². The van der Waals surface area contributed by atoms with E-state index in [1.807, 2.05) is 0 Å². The molecule has 0 atom stereocenters. The molecule has 0 aliphatic carbocycles. The van der Waals surface area contributed by atoms with E-state index >= 15 is 0 Å². The van der Waals surface area contributed by atoms with Gasteiger partial charge in [0.05, 0.1) is 0 Å². The Morgan fingerprint density at radius 3 is 0.778 bits per heavy atom. The van der Waals surface area contributed by atoms with Crippen LogP contribution in [0.1, 0.15) is 1.43 Å². The second kappa shape index (κ2) is 19.5. The van der Waals surface area contributed by atoms with Gasteiger partial charge in [0.2, 0.25) is 0 Å². The molecule has 0 amide bonds. The fourth-order valence-electron chi connectivity index (χ4n) is 0. The van der Waals surface area contributed by atoms with Crippen molar-refractivity contribution in [2.24, 2.45) is 0 Å². The van der Waals surface area contributed by atoms with Crippen molar-refractivity contribution in [1.29, 1.82) is 0 Å². The van der Waals surface area contributed by atoms with Gasteiger partial charge in [-0.05, 0) is 0 Å². The molecule has 7 N–H and O–H groups in total. The third-order valence-electron chi connectivity index (χ3n) is 0. The van der Waals surface area contributed by atoms with E-state index in [1.165, 1.54) is 0 Å². The molecule has 0 rings (SSSR count).